The second-order valence-electron chi connectivity index (χ2n) is 6.77. The van der Waals surface area contributed by atoms with Crippen molar-refractivity contribution >= 4 is 45.2 Å². The largest absolute Gasteiger partial charge is 0.366 e. The van der Waals surface area contributed by atoms with E-state index in [9.17, 15) is 14.9 Å². The lowest BCUT2D eigenvalue weighted by Crippen LogP contribution is -2.45. The van der Waals surface area contributed by atoms with Gasteiger partial charge in [-0.05, 0) is 47.3 Å². The first-order valence-corrected chi connectivity index (χ1v) is 10.3. The number of anilines is 1. The molecule has 0 radical (unpaired) electrons. The number of aromatic amines is 1. The van der Waals surface area contributed by atoms with Gasteiger partial charge in [0.05, 0.1) is 10.0 Å². The highest BCUT2D eigenvalue weighted by Gasteiger charge is 2.26. The molecule has 1 aliphatic heterocycles. The van der Waals surface area contributed by atoms with Crippen LogP contribution >= 0.6 is 27.5 Å². The Labute approximate surface area is 181 Å². The van der Waals surface area contributed by atoms with Gasteiger partial charge in [-0.3, -0.25) is 9.59 Å². The molecule has 0 bridgehead atoms. The summed E-state index contributed by atoms with van der Waals surface area (Å²) in [6.07, 6.45) is 2.06. The predicted octanol–water partition coefficient (Wildman–Crippen LogP) is 2.76. The van der Waals surface area contributed by atoms with E-state index in [1.54, 1.807) is 6.07 Å². The summed E-state index contributed by atoms with van der Waals surface area (Å²) in [4.78, 5) is 33.4. The first kappa shape index (κ1) is 21.1. The van der Waals surface area contributed by atoms with Crippen LogP contribution in [0.5, 0.6) is 0 Å². The number of aromatic nitrogens is 2. The monoisotopic (exact) mass is 478 g/mol. The third-order valence-corrected chi connectivity index (χ3v) is 5.99. The van der Waals surface area contributed by atoms with Gasteiger partial charge in [-0.15, -0.1) is 0 Å². The molecule has 8 nitrogen and oxygen atoms in total. The number of carbonyl (C=O) groups excluding carboxylic acids is 2. The van der Waals surface area contributed by atoms with E-state index in [1.165, 1.54) is 6.07 Å². The van der Waals surface area contributed by atoms with Gasteiger partial charge < -0.3 is 20.9 Å². The standard InChI is InChI=1S/C19H20BrClN6O2/c1-2-13-16(20)12(9-22)17(25-13)19(29)24-11-3-5-27(6-4-11)15-8-10(18(23)28)7-14(21)26-15/h7-8,11,25H,2-6H2,1H3,(H2,23,28)(H,24,29). The van der Waals surface area contributed by atoms with Gasteiger partial charge in [0.25, 0.3) is 5.91 Å². The van der Waals surface area contributed by atoms with Crippen LogP contribution in [-0.4, -0.2) is 40.9 Å². The Morgan fingerprint density at radius 1 is 1.45 bits per heavy atom. The van der Waals surface area contributed by atoms with Crippen LogP contribution in [0.4, 0.5) is 5.82 Å². The highest BCUT2D eigenvalue weighted by atomic mass is 79.9. The summed E-state index contributed by atoms with van der Waals surface area (Å²) in [5.41, 5.74) is 7.06. The number of primary amides is 1. The molecule has 152 valence electrons. The Bertz CT molecular complexity index is 991. The zero-order valence-electron chi connectivity index (χ0n) is 15.8. The molecule has 0 aromatic carbocycles. The minimum absolute atomic E-state index is 0.0350. The summed E-state index contributed by atoms with van der Waals surface area (Å²) < 4.78 is 0.639. The van der Waals surface area contributed by atoms with Gasteiger partial charge in [-0.2, -0.15) is 5.26 Å². The number of H-pyrrole nitrogens is 1. The molecule has 4 N–H and O–H groups in total. The van der Waals surface area contributed by atoms with Crippen LogP contribution in [0.25, 0.3) is 0 Å². The average molecular weight is 480 g/mol. The van der Waals surface area contributed by atoms with E-state index in [-0.39, 0.29) is 22.8 Å². The molecular weight excluding hydrogens is 460 g/mol. The highest BCUT2D eigenvalue weighted by molar-refractivity contribution is 9.10. The number of pyridine rings is 1. The van der Waals surface area contributed by atoms with E-state index in [4.69, 9.17) is 17.3 Å². The van der Waals surface area contributed by atoms with E-state index in [1.807, 2.05) is 11.8 Å². The van der Waals surface area contributed by atoms with Crippen LogP contribution in [0.15, 0.2) is 16.6 Å². The number of carbonyl (C=O) groups is 2. The number of rotatable bonds is 5. The molecule has 0 spiro atoms. The summed E-state index contributed by atoms with van der Waals surface area (Å²) in [7, 11) is 0. The molecule has 1 fully saturated rings. The lowest BCUT2D eigenvalue weighted by molar-refractivity contribution is 0.0925. The summed E-state index contributed by atoms with van der Waals surface area (Å²) in [5, 5.41) is 12.6. The Morgan fingerprint density at radius 2 is 2.14 bits per heavy atom. The number of nitriles is 1. The molecule has 0 aliphatic carbocycles. The van der Waals surface area contributed by atoms with Crippen molar-refractivity contribution in [2.24, 2.45) is 5.73 Å². The van der Waals surface area contributed by atoms with Crippen LogP contribution in [0.1, 0.15) is 51.9 Å². The van der Waals surface area contributed by atoms with Crippen LogP contribution in [0.3, 0.4) is 0 Å². The van der Waals surface area contributed by atoms with Crippen molar-refractivity contribution in [1.82, 2.24) is 15.3 Å². The van der Waals surface area contributed by atoms with Gasteiger partial charge >= 0.3 is 0 Å². The fourth-order valence-electron chi connectivity index (χ4n) is 3.35. The molecule has 1 aliphatic rings. The second kappa shape index (κ2) is 8.84. The number of halogens is 2. The van der Waals surface area contributed by atoms with Crippen molar-refractivity contribution in [2.45, 2.75) is 32.2 Å². The molecule has 29 heavy (non-hydrogen) atoms. The number of aryl methyl sites for hydroxylation is 1. The number of piperidine rings is 1. The highest BCUT2D eigenvalue weighted by Crippen LogP contribution is 2.26. The summed E-state index contributed by atoms with van der Waals surface area (Å²) in [6.45, 7) is 3.22. The lowest BCUT2D eigenvalue weighted by atomic mass is 10.0. The molecule has 1 saturated heterocycles. The fraction of sp³-hybridized carbons (Fsp3) is 0.368. The topological polar surface area (TPSA) is 128 Å². The van der Waals surface area contributed by atoms with Gasteiger partial charge in [0, 0.05) is 30.4 Å². The Hall–Kier alpha value is -2.57. The quantitative estimate of drug-likeness (QED) is 0.568. The van der Waals surface area contributed by atoms with Gasteiger partial charge in [-0.1, -0.05) is 18.5 Å². The smallest absolute Gasteiger partial charge is 0.269 e. The Kier molecular flexibility index (Phi) is 6.45. The predicted molar refractivity (Wildman–Crippen MR) is 113 cm³/mol. The maximum absolute atomic E-state index is 12.7. The molecule has 0 unspecified atom stereocenters. The number of hydrogen-bond donors (Lipinski definition) is 3. The van der Waals surface area contributed by atoms with Crippen molar-refractivity contribution < 1.29 is 9.59 Å². The Morgan fingerprint density at radius 3 is 2.72 bits per heavy atom. The third-order valence-electron chi connectivity index (χ3n) is 4.92. The third kappa shape index (κ3) is 4.54. The van der Waals surface area contributed by atoms with Crippen LogP contribution < -0.4 is 16.0 Å². The molecule has 3 heterocycles. The van der Waals surface area contributed by atoms with E-state index >= 15 is 0 Å². The Balaban J connectivity index is 1.66. The van der Waals surface area contributed by atoms with Gasteiger partial charge in [0.2, 0.25) is 5.91 Å². The van der Waals surface area contributed by atoms with Crippen molar-refractivity contribution in [1.29, 1.82) is 5.26 Å². The molecule has 3 rings (SSSR count). The van der Waals surface area contributed by atoms with Crippen LogP contribution in [0.2, 0.25) is 5.15 Å². The van der Waals surface area contributed by atoms with Gasteiger partial charge in [-0.25, -0.2) is 4.98 Å². The minimum Gasteiger partial charge on any atom is -0.366 e. The molecule has 0 saturated carbocycles. The van der Waals surface area contributed by atoms with E-state index in [2.05, 4.69) is 37.3 Å². The normalized spacial score (nSPS) is 14.5. The first-order chi connectivity index (χ1) is 13.8. The molecule has 0 atom stereocenters. The maximum Gasteiger partial charge on any atom is 0.269 e. The number of nitrogens with zero attached hydrogens (tertiary/aromatic N) is 3. The van der Waals surface area contributed by atoms with Crippen molar-refractivity contribution in [3.8, 4) is 6.07 Å². The maximum atomic E-state index is 12.7. The fourth-order valence-corrected chi connectivity index (χ4v) is 4.22. The van der Waals surface area contributed by atoms with Gasteiger partial charge in [0.15, 0.2) is 0 Å². The average Bonchev–Trinajstić information content (AvgIpc) is 3.03. The first-order valence-electron chi connectivity index (χ1n) is 9.17. The number of hydrogen-bond acceptors (Lipinski definition) is 5. The summed E-state index contributed by atoms with van der Waals surface area (Å²) >= 11 is 9.38. The van der Waals surface area contributed by atoms with E-state index in [0.717, 1.165) is 5.69 Å². The molecule has 2 aromatic heterocycles. The van der Waals surface area contributed by atoms with Crippen LogP contribution in [-0.2, 0) is 6.42 Å². The van der Waals surface area contributed by atoms with E-state index < -0.39 is 5.91 Å². The molecule has 2 amide bonds. The summed E-state index contributed by atoms with van der Waals surface area (Å²) in [6, 6.07) is 5.10. The molecule has 10 heteroatoms. The van der Waals surface area contributed by atoms with Crippen molar-refractivity contribution in [3.63, 3.8) is 0 Å². The molecule has 2 aromatic rings. The lowest BCUT2D eigenvalue weighted by Gasteiger charge is -2.33. The minimum atomic E-state index is -0.561. The number of nitrogens with one attached hydrogen (secondary N) is 2. The summed E-state index contributed by atoms with van der Waals surface area (Å²) in [5.74, 6) is -0.268. The SMILES string of the molecule is CCc1[nH]c(C(=O)NC2CCN(c3cc(C(N)=O)cc(Cl)n3)CC2)c(C#N)c1Br. The van der Waals surface area contributed by atoms with E-state index in [0.29, 0.717) is 53.8 Å². The van der Waals surface area contributed by atoms with Crippen molar-refractivity contribution in [3.05, 3.63) is 44.3 Å². The van der Waals surface area contributed by atoms with Crippen molar-refractivity contribution in [2.75, 3.05) is 18.0 Å². The number of amides is 2. The zero-order chi connectivity index (χ0) is 21.1. The molecular formula is C19H20BrClN6O2. The zero-order valence-corrected chi connectivity index (χ0v) is 18.1. The second-order valence-corrected chi connectivity index (χ2v) is 7.95. The van der Waals surface area contributed by atoms with Crippen LogP contribution in [0, 0.1) is 11.3 Å². The van der Waals surface area contributed by atoms with Gasteiger partial charge in [0.1, 0.15) is 22.7 Å². The number of nitrogens with two attached hydrogens (primary N) is 1.